The summed E-state index contributed by atoms with van der Waals surface area (Å²) in [5, 5.41) is 17.7. The van der Waals surface area contributed by atoms with Gasteiger partial charge in [0.25, 0.3) is 0 Å². The number of anilines is 2. The summed E-state index contributed by atoms with van der Waals surface area (Å²) < 4.78 is 5.62. The van der Waals surface area contributed by atoms with E-state index in [4.69, 9.17) is 4.74 Å². The minimum absolute atomic E-state index is 0.199. The molecule has 0 radical (unpaired) electrons. The first-order chi connectivity index (χ1) is 16.7. The van der Waals surface area contributed by atoms with Gasteiger partial charge in [-0.05, 0) is 54.4 Å². The molecule has 0 aliphatic carbocycles. The number of pyridine rings is 1. The van der Waals surface area contributed by atoms with Gasteiger partial charge in [0, 0.05) is 68.8 Å². The molecule has 7 heteroatoms. The molecule has 34 heavy (non-hydrogen) atoms. The van der Waals surface area contributed by atoms with Gasteiger partial charge in [-0.15, -0.1) is 0 Å². The Kier molecular flexibility index (Phi) is 5.37. The van der Waals surface area contributed by atoms with Crippen LogP contribution in [0.2, 0.25) is 0 Å². The van der Waals surface area contributed by atoms with E-state index in [1.165, 1.54) is 22.5 Å². The smallest absolute Gasteiger partial charge is 0.101 e. The zero-order valence-corrected chi connectivity index (χ0v) is 19.7. The maximum Gasteiger partial charge on any atom is 0.101 e. The summed E-state index contributed by atoms with van der Waals surface area (Å²) in [6, 6.07) is 18.3. The molecule has 4 heterocycles. The van der Waals surface area contributed by atoms with E-state index >= 15 is 0 Å². The largest absolute Gasteiger partial charge is 0.378 e. The molecule has 2 saturated heterocycles. The van der Waals surface area contributed by atoms with Crippen molar-refractivity contribution < 1.29 is 4.74 Å². The van der Waals surface area contributed by atoms with Crippen LogP contribution in [-0.2, 0) is 11.3 Å². The molecule has 0 spiro atoms. The third-order valence-electron chi connectivity index (χ3n) is 7.72. The Morgan fingerprint density at radius 3 is 2.94 bits per heavy atom. The molecular weight excluding hydrogens is 424 g/mol. The van der Waals surface area contributed by atoms with Crippen LogP contribution in [0.25, 0.3) is 10.9 Å². The highest BCUT2D eigenvalue weighted by atomic mass is 16.5. The van der Waals surface area contributed by atoms with Gasteiger partial charge in [0.2, 0.25) is 0 Å². The normalized spacial score (nSPS) is 26.3. The first-order valence-electron chi connectivity index (χ1n) is 12.1. The Balaban J connectivity index is 1.28. The van der Waals surface area contributed by atoms with Crippen LogP contribution in [-0.4, -0.2) is 61.4 Å². The highest BCUT2D eigenvalue weighted by Crippen LogP contribution is 2.42. The number of fused-ring (bicyclic) bond motifs is 4. The predicted octanol–water partition coefficient (Wildman–Crippen LogP) is 3.27. The fourth-order valence-electron chi connectivity index (χ4n) is 6.00. The lowest BCUT2D eigenvalue weighted by molar-refractivity contribution is 0.111. The van der Waals surface area contributed by atoms with Crippen LogP contribution in [0.4, 0.5) is 11.4 Å². The summed E-state index contributed by atoms with van der Waals surface area (Å²) >= 11 is 0. The second kappa shape index (κ2) is 8.55. The van der Waals surface area contributed by atoms with Gasteiger partial charge in [-0.1, -0.05) is 6.07 Å². The highest BCUT2D eigenvalue weighted by Gasteiger charge is 2.39. The lowest BCUT2D eigenvalue weighted by Gasteiger charge is -2.43. The SMILES string of the molecule is CO[C@@H]1CNC[C@H]1Nc1ccc2c(c1)CN1[C@H](C)CN(c3ccc(C#N)c4ncccc34)C[C@H]21. The summed E-state index contributed by atoms with van der Waals surface area (Å²) in [6.07, 6.45) is 1.97. The first-order valence-corrected chi connectivity index (χ1v) is 12.1. The van der Waals surface area contributed by atoms with Crippen LogP contribution in [0.15, 0.2) is 48.7 Å². The van der Waals surface area contributed by atoms with Crippen molar-refractivity contribution in [3.8, 4) is 6.07 Å². The van der Waals surface area contributed by atoms with Crippen LogP contribution >= 0.6 is 0 Å². The van der Waals surface area contributed by atoms with E-state index in [-0.39, 0.29) is 6.10 Å². The second-order valence-corrected chi connectivity index (χ2v) is 9.68. The average molecular weight is 455 g/mol. The topological polar surface area (TPSA) is 76.5 Å². The van der Waals surface area contributed by atoms with Crippen LogP contribution in [0.3, 0.4) is 0 Å². The number of nitrogens with one attached hydrogen (secondary N) is 2. The summed E-state index contributed by atoms with van der Waals surface area (Å²) in [5.41, 5.74) is 6.59. The molecule has 6 rings (SSSR count). The Morgan fingerprint density at radius 2 is 2.09 bits per heavy atom. The quantitative estimate of drug-likeness (QED) is 0.627. The number of nitriles is 1. The molecule has 3 aliphatic heterocycles. The Bertz CT molecular complexity index is 1270. The monoisotopic (exact) mass is 454 g/mol. The van der Waals surface area contributed by atoms with Crippen molar-refractivity contribution >= 4 is 22.3 Å². The van der Waals surface area contributed by atoms with Gasteiger partial charge in [-0.25, -0.2) is 0 Å². The summed E-state index contributed by atoms with van der Waals surface area (Å²) in [7, 11) is 1.79. The minimum atomic E-state index is 0.199. The fraction of sp³-hybridized carbons (Fsp3) is 0.407. The number of piperazine rings is 1. The van der Waals surface area contributed by atoms with Crippen molar-refractivity contribution in [3.05, 3.63) is 65.4 Å². The van der Waals surface area contributed by atoms with E-state index in [1.54, 1.807) is 13.3 Å². The lowest BCUT2D eigenvalue weighted by atomic mass is 9.99. The Morgan fingerprint density at radius 1 is 1.18 bits per heavy atom. The molecule has 3 aromatic rings. The second-order valence-electron chi connectivity index (χ2n) is 9.68. The van der Waals surface area contributed by atoms with Crippen LogP contribution in [0, 0.1) is 11.3 Å². The number of ether oxygens (including phenoxy) is 1. The summed E-state index contributed by atoms with van der Waals surface area (Å²) in [5.74, 6) is 0. The van der Waals surface area contributed by atoms with Crippen molar-refractivity contribution in [1.29, 1.82) is 5.26 Å². The molecule has 4 atom stereocenters. The van der Waals surface area contributed by atoms with Crippen molar-refractivity contribution in [2.45, 2.75) is 37.7 Å². The fourth-order valence-corrected chi connectivity index (χ4v) is 6.00. The lowest BCUT2D eigenvalue weighted by Crippen LogP contribution is -2.51. The van der Waals surface area contributed by atoms with Crippen LogP contribution in [0.5, 0.6) is 0 Å². The summed E-state index contributed by atoms with van der Waals surface area (Å²) in [4.78, 5) is 9.62. The van der Waals surface area contributed by atoms with E-state index < -0.39 is 0 Å². The molecule has 0 amide bonds. The van der Waals surface area contributed by atoms with E-state index in [0.717, 1.165) is 43.6 Å². The number of hydrogen-bond donors (Lipinski definition) is 2. The van der Waals surface area contributed by atoms with Gasteiger partial charge >= 0.3 is 0 Å². The molecule has 0 unspecified atom stereocenters. The zero-order chi connectivity index (χ0) is 23.2. The highest BCUT2D eigenvalue weighted by molar-refractivity contribution is 5.95. The minimum Gasteiger partial charge on any atom is -0.378 e. The third kappa shape index (κ3) is 3.50. The number of aromatic nitrogens is 1. The molecule has 7 nitrogen and oxygen atoms in total. The van der Waals surface area contributed by atoms with E-state index in [2.05, 4.69) is 68.7 Å². The van der Waals surface area contributed by atoms with Crippen molar-refractivity contribution in [2.75, 3.05) is 43.5 Å². The molecule has 0 bridgehead atoms. The van der Waals surface area contributed by atoms with Crippen LogP contribution in [0.1, 0.15) is 29.7 Å². The van der Waals surface area contributed by atoms with Gasteiger partial charge in [0.15, 0.2) is 0 Å². The number of nitrogens with zero attached hydrogens (tertiary/aromatic N) is 4. The van der Waals surface area contributed by atoms with Crippen LogP contribution < -0.4 is 15.5 Å². The van der Waals surface area contributed by atoms with Gasteiger partial charge in [-0.3, -0.25) is 9.88 Å². The maximum atomic E-state index is 9.53. The molecule has 2 aromatic carbocycles. The Hall–Kier alpha value is -3.18. The van der Waals surface area contributed by atoms with Gasteiger partial charge in [-0.2, -0.15) is 5.26 Å². The number of methoxy groups -OCH3 is 1. The third-order valence-corrected chi connectivity index (χ3v) is 7.72. The van der Waals surface area contributed by atoms with E-state index in [9.17, 15) is 5.26 Å². The number of hydrogen-bond acceptors (Lipinski definition) is 7. The zero-order valence-electron chi connectivity index (χ0n) is 19.7. The standard InChI is InChI=1S/C27H30N6O/c1-17-14-32(24-8-5-18(11-28)27-22(24)4-3-9-30-27)16-25-21-7-6-20(10-19(21)15-33(17)25)31-23-12-29-13-26(23)34-2/h3-10,17,23,25-26,29,31H,12-16H2,1-2H3/t17-,23-,25-,26-/m1/s1. The molecule has 2 N–H and O–H groups in total. The predicted molar refractivity (Wildman–Crippen MR) is 134 cm³/mol. The molecule has 1 aromatic heterocycles. The summed E-state index contributed by atoms with van der Waals surface area (Å²) in [6.45, 7) is 7.00. The van der Waals surface area contributed by atoms with Crippen molar-refractivity contribution in [1.82, 2.24) is 15.2 Å². The molecule has 3 aliphatic rings. The van der Waals surface area contributed by atoms with Gasteiger partial charge in [0.05, 0.1) is 29.3 Å². The average Bonchev–Trinajstić information content (AvgIpc) is 3.47. The van der Waals surface area contributed by atoms with Gasteiger partial charge in [0.1, 0.15) is 6.07 Å². The molecule has 174 valence electrons. The van der Waals surface area contributed by atoms with E-state index in [0.29, 0.717) is 23.7 Å². The number of rotatable bonds is 4. The maximum absolute atomic E-state index is 9.53. The molecular formula is C27H30N6O. The van der Waals surface area contributed by atoms with Gasteiger partial charge < -0.3 is 20.3 Å². The number of benzene rings is 2. The Labute approximate surface area is 200 Å². The molecule has 2 fully saturated rings. The van der Waals surface area contributed by atoms with E-state index in [1.807, 2.05) is 12.1 Å². The van der Waals surface area contributed by atoms with Crippen molar-refractivity contribution in [2.24, 2.45) is 0 Å². The molecule has 0 saturated carbocycles. The first kappa shape index (κ1) is 21.4. The van der Waals surface area contributed by atoms with Crippen molar-refractivity contribution in [3.63, 3.8) is 0 Å².